The largest absolute Gasteiger partial charge is 0.493 e. The van der Waals surface area contributed by atoms with Crippen molar-refractivity contribution < 1.29 is 4.74 Å². The molecule has 1 heterocycles. The van der Waals surface area contributed by atoms with Crippen LogP contribution in [0.25, 0.3) is 0 Å². The number of nitrogens with one attached hydrogen (secondary N) is 1. The van der Waals surface area contributed by atoms with Crippen molar-refractivity contribution >= 4 is 17.3 Å². The van der Waals surface area contributed by atoms with Gasteiger partial charge in [0.1, 0.15) is 11.8 Å². The van der Waals surface area contributed by atoms with Crippen LogP contribution in [-0.4, -0.2) is 6.61 Å². The summed E-state index contributed by atoms with van der Waals surface area (Å²) in [6.07, 6.45) is 0.962. The summed E-state index contributed by atoms with van der Waals surface area (Å²) in [5, 5.41) is 13.0. The minimum Gasteiger partial charge on any atom is -0.493 e. The zero-order chi connectivity index (χ0) is 13.9. The summed E-state index contributed by atoms with van der Waals surface area (Å²) >= 11 is 5.97. The van der Waals surface area contributed by atoms with Crippen molar-refractivity contribution in [3.63, 3.8) is 0 Å². The van der Waals surface area contributed by atoms with Crippen molar-refractivity contribution in [2.24, 2.45) is 0 Å². The molecule has 0 aliphatic carbocycles. The first-order valence-corrected chi connectivity index (χ1v) is 6.82. The number of hydrogen-bond donors (Lipinski definition) is 1. The highest BCUT2D eigenvalue weighted by Gasteiger charge is 2.12. The fraction of sp³-hybridized carbons (Fsp3) is 0.188. The van der Waals surface area contributed by atoms with Crippen molar-refractivity contribution in [2.75, 3.05) is 11.9 Å². The molecule has 0 unspecified atom stereocenters. The minimum absolute atomic E-state index is 0.596. The van der Waals surface area contributed by atoms with E-state index in [1.165, 1.54) is 5.56 Å². The molecule has 0 amide bonds. The van der Waals surface area contributed by atoms with Gasteiger partial charge < -0.3 is 10.1 Å². The van der Waals surface area contributed by atoms with E-state index in [1.54, 1.807) is 18.2 Å². The standard InChI is InChI=1S/C16H13ClN2O/c17-14-3-2-13(9-18)15(8-14)19-10-11-1-4-16-12(7-11)5-6-20-16/h1-4,7-8,19H,5-6,10H2. The number of rotatable bonds is 3. The molecule has 0 spiro atoms. The van der Waals surface area contributed by atoms with Gasteiger partial charge in [-0.3, -0.25) is 0 Å². The van der Waals surface area contributed by atoms with Crippen LogP contribution in [0, 0.1) is 11.3 Å². The lowest BCUT2D eigenvalue weighted by atomic mass is 10.1. The number of hydrogen-bond acceptors (Lipinski definition) is 3. The molecule has 1 N–H and O–H groups in total. The average molecular weight is 285 g/mol. The monoisotopic (exact) mass is 284 g/mol. The average Bonchev–Trinajstić information content (AvgIpc) is 2.92. The molecule has 0 aromatic heterocycles. The van der Waals surface area contributed by atoms with Gasteiger partial charge in [-0.15, -0.1) is 0 Å². The van der Waals surface area contributed by atoms with Crippen LogP contribution >= 0.6 is 11.6 Å². The molecule has 2 aromatic carbocycles. The molecule has 0 bridgehead atoms. The fourth-order valence-electron chi connectivity index (χ4n) is 2.31. The van der Waals surface area contributed by atoms with Crippen molar-refractivity contribution in [3.05, 3.63) is 58.1 Å². The van der Waals surface area contributed by atoms with Crippen LogP contribution in [0.4, 0.5) is 5.69 Å². The lowest BCUT2D eigenvalue weighted by Crippen LogP contribution is -2.01. The number of ether oxygens (including phenoxy) is 1. The quantitative estimate of drug-likeness (QED) is 0.933. The summed E-state index contributed by atoms with van der Waals surface area (Å²) in [7, 11) is 0. The number of halogens is 1. The number of nitrogens with zero attached hydrogens (tertiary/aromatic N) is 1. The van der Waals surface area contributed by atoms with E-state index in [0.717, 1.165) is 30.0 Å². The van der Waals surface area contributed by atoms with E-state index in [-0.39, 0.29) is 0 Å². The van der Waals surface area contributed by atoms with Gasteiger partial charge in [-0.1, -0.05) is 23.7 Å². The topological polar surface area (TPSA) is 45.0 Å². The lowest BCUT2D eigenvalue weighted by molar-refractivity contribution is 0.357. The lowest BCUT2D eigenvalue weighted by Gasteiger charge is -2.09. The Kier molecular flexibility index (Phi) is 3.49. The van der Waals surface area contributed by atoms with Crippen LogP contribution in [0.3, 0.4) is 0 Å². The Bertz CT molecular complexity index is 691. The third kappa shape index (κ3) is 2.56. The van der Waals surface area contributed by atoms with Crippen LogP contribution in [0.1, 0.15) is 16.7 Å². The predicted molar refractivity (Wildman–Crippen MR) is 79.1 cm³/mol. The van der Waals surface area contributed by atoms with Crippen LogP contribution in [0.2, 0.25) is 5.02 Å². The molecule has 0 saturated heterocycles. The van der Waals surface area contributed by atoms with E-state index < -0.39 is 0 Å². The van der Waals surface area contributed by atoms with Gasteiger partial charge in [-0.25, -0.2) is 0 Å². The first kappa shape index (κ1) is 12.8. The van der Waals surface area contributed by atoms with Crippen LogP contribution < -0.4 is 10.1 Å². The first-order chi connectivity index (χ1) is 9.76. The van der Waals surface area contributed by atoms with Crippen molar-refractivity contribution in [1.82, 2.24) is 0 Å². The predicted octanol–water partition coefficient (Wildman–Crippen LogP) is 3.76. The van der Waals surface area contributed by atoms with E-state index in [9.17, 15) is 0 Å². The summed E-state index contributed by atoms with van der Waals surface area (Å²) < 4.78 is 5.49. The van der Waals surface area contributed by atoms with Crippen molar-refractivity contribution in [2.45, 2.75) is 13.0 Å². The molecule has 0 radical (unpaired) electrons. The SMILES string of the molecule is N#Cc1ccc(Cl)cc1NCc1ccc2c(c1)CCO2. The van der Waals surface area contributed by atoms with Gasteiger partial charge in [0.2, 0.25) is 0 Å². The summed E-state index contributed by atoms with van der Waals surface area (Å²) in [5.41, 5.74) is 3.77. The molecule has 0 saturated carbocycles. The van der Waals surface area contributed by atoms with Gasteiger partial charge in [0, 0.05) is 18.0 Å². The maximum atomic E-state index is 9.08. The number of fused-ring (bicyclic) bond motifs is 1. The molecule has 3 rings (SSSR count). The molecule has 0 fully saturated rings. The molecule has 4 heteroatoms. The number of nitriles is 1. The first-order valence-electron chi connectivity index (χ1n) is 6.44. The molecule has 20 heavy (non-hydrogen) atoms. The molecule has 2 aromatic rings. The fourth-order valence-corrected chi connectivity index (χ4v) is 2.48. The summed E-state index contributed by atoms with van der Waals surface area (Å²) in [5.74, 6) is 0.981. The molecule has 3 nitrogen and oxygen atoms in total. The van der Waals surface area contributed by atoms with E-state index >= 15 is 0 Å². The van der Waals surface area contributed by atoms with Gasteiger partial charge >= 0.3 is 0 Å². The Hall–Kier alpha value is -2.18. The number of anilines is 1. The third-order valence-corrected chi connectivity index (χ3v) is 3.57. The minimum atomic E-state index is 0.596. The maximum Gasteiger partial charge on any atom is 0.122 e. The van der Waals surface area contributed by atoms with Gasteiger partial charge in [-0.05, 0) is 35.4 Å². The Morgan fingerprint density at radius 2 is 2.15 bits per heavy atom. The van der Waals surface area contributed by atoms with Crippen LogP contribution in [-0.2, 0) is 13.0 Å². The highest BCUT2D eigenvalue weighted by Crippen LogP contribution is 2.27. The van der Waals surface area contributed by atoms with E-state index in [0.29, 0.717) is 17.1 Å². The second kappa shape index (κ2) is 5.44. The van der Waals surface area contributed by atoms with E-state index in [1.807, 2.05) is 12.1 Å². The Morgan fingerprint density at radius 3 is 3.00 bits per heavy atom. The highest BCUT2D eigenvalue weighted by molar-refractivity contribution is 6.30. The van der Waals surface area contributed by atoms with Gasteiger partial charge in [-0.2, -0.15) is 5.26 Å². The highest BCUT2D eigenvalue weighted by atomic mass is 35.5. The molecular weight excluding hydrogens is 272 g/mol. The Balaban J connectivity index is 1.77. The van der Waals surface area contributed by atoms with Gasteiger partial charge in [0.15, 0.2) is 0 Å². The molecule has 100 valence electrons. The third-order valence-electron chi connectivity index (χ3n) is 3.34. The smallest absolute Gasteiger partial charge is 0.122 e. The maximum absolute atomic E-state index is 9.08. The summed E-state index contributed by atoms with van der Waals surface area (Å²) in [6, 6.07) is 13.6. The molecule has 0 atom stereocenters. The second-order valence-corrected chi connectivity index (χ2v) is 5.13. The summed E-state index contributed by atoms with van der Waals surface area (Å²) in [4.78, 5) is 0. The normalized spacial score (nSPS) is 12.4. The molecule has 1 aliphatic rings. The van der Waals surface area contributed by atoms with Crippen LogP contribution in [0.5, 0.6) is 5.75 Å². The van der Waals surface area contributed by atoms with Crippen molar-refractivity contribution in [3.8, 4) is 11.8 Å². The van der Waals surface area contributed by atoms with Crippen molar-refractivity contribution in [1.29, 1.82) is 5.26 Å². The second-order valence-electron chi connectivity index (χ2n) is 4.70. The summed E-state index contributed by atoms with van der Waals surface area (Å²) in [6.45, 7) is 1.42. The zero-order valence-corrected chi connectivity index (χ0v) is 11.6. The molecule has 1 aliphatic heterocycles. The van der Waals surface area contributed by atoms with Crippen LogP contribution in [0.15, 0.2) is 36.4 Å². The molecular formula is C16H13ClN2O. The Morgan fingerprint density at radius 1 is 1.25 bits per heavy atom. The van der Waals surface area contributed by atoms with Gasteiger partial charge in [0.05, 0.1) is 17.9 Å². The Labute approximate surface area is 122 Å². The van der Waals surface area contributed by atoms with E-state index in [2.05, 4.69) is 17.5 Å². The van der Waals surface area contributed by atoms with E-state index in [4.69, 9.17) is 21.6 Å². The zero-order valence-electron chi connectivity index (χ0n) is 10.8. The number of benzene rings is 2. The van der Waals surface area contributed by atoms with Gasteiger partial charge in [0.25, 0.3) is 0 Å².